The molecule has 1 fully saturated rings. The Morgan fingerprint density at radius 3 is 2.32 bits per heavy atom. The summed E-state index contributed by atoms with van der Waals surface area (Å²) in [7, 11) is -3.51. The van der Waals surface area contributed by atoms with Gasteiger partial charge in [0.2, 0.25) is 15.9 Å². The number of sulfonamides is 1. The van der Waals surface area contributed by atoms with Gasteiger partial charge in [0.05, 0.1) is 4.90 Å². The third-order valence-corrected chi connectivity index (χ3v) is 6.50. The molecule has 25 heavy (non-hydrogen) atoms. The molecule has 2 rings (SSSR count). The molecule has 1 heterocycles. The van der Waals surface area contributed by atoms with E-state index >= 15 is 0 Å². The Labute approximate surface area is 152 Å². The van der Waals surface area contributed by atoms with Crippen molar-refractivity contribution in [3.63, 3.8) is 0 Å². The van der Waals surface area contributed by atoms with Gasteiger partial charge in [-0.2, -0.15) is 4.31 Å². The van der Waals surface area contributed by atoms with Crippen LogP contribution >= 0.6 is 0 Å². The topological polar surface area (TPSA) is 57.7 Å². The molecule has 1 aromatic carbocycles. The van der Waals surface area contributed by atoms with Gasteiger partial charge < -0.3 is 4.90 Å². The maximum absolute atomic E-state index is 12.9. The molecule has 1 amide bonds. The average molecular weight is 367 g/mol. The van der Waals surface area contributed by atoms with E-state index in [-0.39, 0.29) is 11.3 Å². The van der Waals surface area contributed by atoms with Crippen molar-refractivity contribution in [1.82, 2.24) is 9.21 Å². The van der Waals surface area contributed by atoms with Crippen molar-refractivity contribution >= 4 is 15.9 Å². The first-order valence-electron chi connectivity index (χ1n) is 8.86. The molecule has 140 valence electrons. The van der Waals surface area contributed by atoms with Gasteiger partial charge in [-0.15, -0.1) is 0 Å². The quantitative estimate of drug-likeness (QED) is 0.826. The van der Waals surface area contributed by atoms with Crippen molar-refractivity contribution < 1.29 is 13.2 Å². The van der Waals surface area contributed by atoms with Crippen molar-refractivity contribution in [1.29, 1.82) is 0 Å². The number of carbonyl (C=O) groups is 1. The Morgan fingerprint density at radius 1 is 1.04 bits per heavy atom. The predicted molar refractivity (Wildman–Crippen MR) is 99.9 cm³/mol. The Balaban J connectivity index is 2.11. The molecular formula is C19H30N2O3S. The second-order valence-corrected chi connectivity index (χ2v) is 10.1. The lowest BCUT2D eigenvalue weighted by Crippen LogP contribution is -2.38. The molecule has 1 aliphatic rings. The van der Waals surface area contributed by atoms with Gasteiger partial charge in [0, 0.05) is 32.6 Å². The second kappa shape index (κ2) is 7.46. The van der Waals surface area contributed by atoms with Gasteiger partial charge in [0.15, 0.2) is 0 Å². The van der Waals surface area contributed by atoms with Crippen LogP contribution in [0.25, 0.3) is 0 Å². The first-order chi connectivity index (χ1) is 11.5. The summed E-state index contributed by atoms with van der Waals surface area (Å²) in [6, 6.07) is 5.25. The Hall–Kier alpha value is -1.40. The highest BCUT2D eigenvalue weighted by atomic mass is 32.2. The van der Waals surface area contributed by atoms with Crippen LogP contribution in [0.1, 0.15) is 44.7 Å². The van der Waals surface area contributed by atoms with Crippen molar-refractivity contribution in [3.8, 4) is 0 Å². The number of hydrogen-bond acceptors (Lipinski definition) is 3. The van der Waals surface area contributed by atoms with Crippen LogP contribution < -0.4 is 0 Å². The Kier molecular flexibility index (Phi) is 5.94. The van der Waals surface area contributed by atoms with E-state index in [9.17, 15) is 13.2 Å². The number of carbonyl (C=O) groups excluding carboxylic acids is 1. The first-order valence-corrected chi connectivity index (χ1v) is 10.3. The largest absolute Gasteiger partial charge is 0.341 e. The highest BCUT2D eigenvalue weighted by molar-refractivity contribution is 7.89. The zero-order chi connectivity index (χ0) is 18.8. The molecule has 0 radical (unpaired) electrons. The minimum Gasteiger partial charge on any atom is -0.341 e. The summed E-state index contributed by atoms with van der Waals surface area (Å²) in [5.74, 6) is 0.109. The zero-order valence-electron chi connectivity index (χ0n) is 16.0. The van der Waals surface area contributed by atoms with Crippen molar-refractivity contribution in [3.05, 3.63) is 29.3 Å². The molecule has 0 aromatic heterocycles. The molecule has 0 spiro atoms. The molecular weight excluding hydrogens is 336 g/mol. The number of rotatable bonds is 3. The van der Waals surface area contributed by atoms with Crippen LogP contribution in [0.4, 0.5) is 0 Å². The lowest BCUT2D eigenvalue weighted by molar-refractivity contribution is -0.132. The third kappa shape index (κ3) is 5.05. The molecule has 1 aromatic rings. The SMILES string of the molecule is Cc1ccc(S(=O)(=O)N2CCCN(C(=O)CC(C)(C)C)CC2)cc1C. The van der Waals surface area contributed by atoms with Crippen molar-refractivity contribution in [2.75, 3.05) is 26.2 Å². The molecule has 0 bridgehead atoms. The van der Waals surface area contributed by atoms with E-state index in [1.165, 1.54) is 4.31 Å². The first kappa shape index (κ1) is 19.9. The van der Waals surface area contributed by atoms with Gasteiger partial charge >= 0.3 is 0 Å². The number of hydrogen-bond donors (Lipinski definition) is 0. The van der Waals surface area contributed by atoms with E-state index in [1.807, 2.05) is 40.7 Å². The molecule has 0 saturated carbocycles. The van der Waals surface area contributed by atoms with E-state index in [4.69, 9.17) is 0 Å². The van der Waals surface area contributed by atoms with Crippen LogP contribution in [0.3, 0.4) is 0 Å². The summed E-state index contributed by atoms with van der Waals surface area (Å²) >= 11 is 0. The van der Waals surface area contributed by atoms with Crippen LogP contribution in [0.15, 0.2) is 23.1 Å². The van der Waals surface area contributed by atoms with Crippen LogP contribution in [0, 0.1) is 19.3 Å². The van der Waals surface area contributed by atoms with Crippen LogP contribution in [0.2, 0.25) is 0 Å². The fourth-order valence-corrected chi connectivity index (χ4v) is 4.53. The van der Waals surface area contributed by atoms with Gasteiger partial charge in [-0.05, 0) is 48.9 Å². The fourth-order valence-electron chi connectivity index (χ4n) is 2.97. The summed E-state index contributed by atoms with van der Waals surface area (Å²) < 4.78 is 27.4. The van der Waals surface area contributed by atoms with Crippen LogP contribution in [-0.2, 0) is 14.8 Å². The molecule has 1 saturated heterocycles. The standard InChI is InChI=1S/C19H30N2O3S/c1-15-7-8-17(13-16(15)2)25(23,24)21-10-6-9-20(11-12-21)18(22)14-19(3,4)5/h7-8,13H,6,9-12,14H2,1-5H3. The summed E-state index contributed by atoms with van der Waals surface area (Å²) in [5, 5.41) is 0. The van der Waals surface area contributed by atoms with E-state index in [0.717, 1.165) is 11.1 Å². The highest BCUT2D eigenvalue weighted by Gasteiger charge is 2.29. The normalized spacial score (nSPS) is 17.4. The summed E-state index contributed by atoms with van der Waals surface area (Å²) in [5.41, 5.74) is 1.99. The maximum atomic E-state index is 12.9. The van der Waals surface area contributed by atoms with Gasteiger partial charge in [0.1, 0.15) is 0 Å². The van der Waals surface area contributed by atoms with Gasteiger partial charge in [0.25, 0.3) is 0 Å². The summed E-state index contributed by atoms with van der Waals surface area (Å²) in [6.07, 6.45) is 1.15. The predicted octanol–water partition coefficient (Wildman–Crippen LogP) is 2.96. The van der Waals surface area contributed by atoms with E-state index in [1.54, 1.807) is 17.0 Å². The molecule has 6 heteroatoms. The third-order valence-electron chi connectivity index (χ3n) is 4.61. The number of amides is 1. The van der Waals surface area contributed by atoms with Gasteiger partial charge in [-0.3, -0.25) is 4.79 Å². The molecule has 0 aliphatic carbocycles. The van der Waals surface area contributed by atoms with E-state index in [2.05, 4.69) is 0 Å². The van der Waals surface area contributed by atoms with Gasteiger partial charge in [-0.25, -0.2) is 8.42 Å². The smallest absolute Gasteiger partial charge is 0.243 e. The lowest BCUT2D eigenvalue weighted by atomic mass is 9.91. The summed E-state index contributed by atoms with van der Waals surface area (Å²) in [6.45, 7) is 11.9. The second-order valence-electron chi connectivity index (χ2n) is 8.12. The lowest BCUT2D eigenvalue weighted by Gasteiger charge is -2.25. The van der Waals surface area contributed by atoms with Crippen LogP contribution in [0.5, 0.6) is 0 Å². The van der Waals surface area contributed by atoms with E-state index < -0.39 is 10.0 Å². The van der Waals surface area contributed by atoms with Crippen molar-refractivity contribution in [2.45, 2.75) is 52.4 Å². The number of nitrogens with zero attached hydrogens (tertiary/aromatic N) is 2. The number of benzene rings is 1. The molecule has 5 nitrogen and oxygen atoms in total. The molecule has 0 N–H and O–H groups in total. The maximum Gasteiger partial charge on any atom is 0.243 e. The fraction of sp³-hybridized carbons (Fsp3) is 0.632. The van der Waals surface area contributed by atoms with Crippen LogP contribution in [-0.4, -0.2) is 49.7 Å². The Bertz CT molecular complexity index is 736. The highest BCUT2D eigenvalue weighted by Crippen LogP contribution is 2.23. The molecule has 0 unspecified atom stereocenters. The van der Waals surface area contributed by atoms with Gasteiger partial charge in [-0.1, -0.05) is 26.8 Å². The molecule has 1 aliphatic heterocycles. The zero-order valence-corrected chi connectivity index (χ0v) is 16.8. The monoisotopic (exact) mass is 366 g/mol. The summed E-state index contributed by atoms with van der Waals surface area (Å²) in [4.78, 5) is 14.6. The molecule has 0 atom stereocenters. The van der Waals surface area contributed by atoms with Crippen molar-refractivity contribution in [2.24, 2.45) is 5.41 Å². The Morgan fingerprint density at radius 2 is 1.72 bits per heavy atom. The number of aryl methyl sites for hydroxylation is 2. The average Bonchev–Trinajstić information content (AvgIpc) is 2.74. The minimum atomic E-state index is -3.51. The van der Waals surface area contributed by atoms with E-state index in [0.29, 0.717) is 43.9 Å². The minimum absolute atomic E-state index is 0.0609.